The van der Waals surface area contributed by atoms with Crippen molar-refractivity contribution in [3.05, 3.63) is 48.0 Å². The molecule has 0 radical (unpaired) electrons. The van der Waals surface area contributed by atoms with E-state index in [0.29, 0.717) is 18.0 Å². The van der Waals surface area contributed by atoms with Gasteiger partial charge in [-0.2, -0.15) is 0 Å². The molecular formula is C15H17NO3. The molecule has 0 unspecified atom stereocenters. The van der Waals surface area contributed by atoms with Crippen LogP contribution in [0.5, 0.6) is 17.2 Å². The number of anilines is 1. The summed E-state index contributed by atoms with van der Waals surface area (Å²) in [5, 5.41) is 0. The van der Waals surface area contributed by atoms with Crippen LogP contribution in [-0.4, -0.2) is 14.2 Å². The number of nitrogens with two attached hydrogens (primary N) is 1. The molecule has 0 saturated carbocycles. The quantitative estimate of drug-likeness (QED) is 0.839. The highest BCUT2D eigenvalue weighted by molar-refractivity contribution is 5.54. The van der Waals surface area contributed by atoms with Crippen molar-refractivity contribution in [2.45, 2.75) is 6.61 Å². The van der Waals surface area contributed by atoms with Crippen LogP contribution in [0.4, 0.5) is 5.69 Å². The maximum atomic E-state index is 5.85. The molecule has 0 aliphatic heterocycles. The number of ether oxygens (including phenoxy) is 3. The summed E-state index contributed by atoms with van der Waals surface area (Å²) < 4.78 is 15.9. The van der Waals surface area contributed by atoms with Crippen molar-refractivity contribution in [2.75, 3.05) is 20.0 Å². The Balaban J connectivity index is 2.03. The second-order valence-electron chi connectivity index (χ2n) is 4.04. The van der Waals surface area contributed by atoms with Crippen LogP contribution in [0.15, 0.2) is 42.5 Å². The smallest absolute Gasteiger partial charge is 0.141 e. The Kier molecular flexibility index (Phi) is 4.13. The van der Waals surface area contributed by atoms with Crippen LogP contribution in [0.25, 0.3) is 0 Å². The third-order valence-corrected chi connectivity index (χ3v) is 2.74. The van der Waals surface area contributed by atoms with E-state index in [-0.39, 0.29) is 0 Å². The van der Waals surface area contributed by atoms with Crippen LogP contribution in [-0.2, 0) is 6.61 Å². The summed E-state index contributed by atoms with van der Waals surface area (Å²) in [5.41, 5.74) is 7.44. The van der Waals surface area contributed by atoms with Crippen LogP contribution in [0.2, 0.25) is 0 Å². The lowest BCUT2D eigenvalue weighted by Crippen LogP contribution is -1.98. The van der Waals surface area contributed by atoms with E-state index in [1.54, 1.807) is 14.2 Å². The fourth-order valence-electron chi connectivity index (χ4n) is 1.73. The van der Waals surface area contributed by atoms with Gasteiger partial charge in [-0.25, -0.2) is 0 Å². The number of nitrogen functional groups attached to an aromatic ring is 1. The fraction of sp³-hybridized carbons (Fsp3) is 0.200. The molecule has 0 aliphatic rings. The van der Waals surface area contributed by atoms with Crippen molar-refractivity contribution in [2.24, 2.45) is 0 Å². The molecule has 2 rings (SSSR count). The minimum atomic E-state index is 0.446. The molecule has 100 valence electrons. The van der Waals surface area contributed by atoms with E-state index in [1.165, 1.54) is 0 Å². The summed E-state index contributed by atoms with van der Waals surface area (Å²) in [6.45, 7) is 0.446. The van der Waals surface area contributed by atoms with Crippen LogP contribution in [0.3, 0.4) is 0 Å². The van der Waals surface area contributed by atoms with Crippen LogP contribution in [0, 0.1) is 0 Å². The molecule has 19 heavy (non-hydrogen) atoms. The van der Waals surface area contributed by atoms with Crippen molar-refractivity contribution in [3.63, 3.8) is 0 Å². The van der Waals surface area contributed by atoms with Gasteiger partial charge in [0.2, 0.25) is 0 Å². The van der Waals surface area contributed by atoms with E-state index in [2.05, 4.69) is 0 Å². The molecule has 2 aromatic carbocycles. The van der Waals surface area contributed by atoms with E-state index >= 15 is 0 Å². The summed E-state index contributed by atoms with van der Waals surface area (Å²) >= 11 is 0. The molecule has 0 amide bonds. The minimum Gasteiger partial charge on any atom is -0.497 e. The Morgan fingerprint density at radius 2 is 1.74 bits per heavy atom. The van der Waals surface area contributed by atoms with Gasteiger partial charge in [0.1, 0.15) is 23.9 Å². The zero-order chi connectivity index (χ0) is 13.7. The first-order valence-electron chi connectivity index (χ1n) is 5.92. The first kappa shape index (κ1) is 13.1. The zero-order valence-corrected chi connectivity index (χ0v) is 11.1. The lowest BCUT2D eigenvalue weighted by molar-refractivity contribution is 0.303. The molecule has 0 saturated heterocycles. The number of hydrogen-bond acceptors (Lipinski definition) is 4. The minimum absolute atomic E-state index is 0.446. The van der Waals surface area contributed by atoms with Gasteiger partial charge in [0.05, 0.1) is 19.9 Å². The molecule has 0 aliphatic carbocycles. The topological polar surface area (TPSA) is 53.7 Å². The Labute approximate surface area is 112 Å². The van der Waals surface area contributed by atoms with Crippen molar-refractivity contribution < 1.29 is 14.2 Å². The molecule has 0 spiro atoms. The summed E-state index contributed by atoms with van der Waals surface area (Å²) in [5.74, 6) is 2.20. The molecule has 4 nitrogen and oxygen atoms in total. The lowest BCUT2D eigenvalue weighted by Gasteiger charge is -2.10. The van der Waals surface area contributed by atoms with Crippen molar-refractivity contribution >= 4 is 5.69 Å². The zero-order valence-electron chi connectivity index (χ0n) is 11.1. The second-order valence-corrected chi connectivity index (χ2v) is 4.04. The van der Waals surface area contributed by atoms with Crippen molar-refractivity contribution in [1.82, 2.24) is 0 Å². The van der Waals surface area contributed by atoms with Gasteiger partial charge >= 0.3 is 0 Å². The standard InChI is InChI=1S/C15H17NO3/c1-17-12-4-3-5-13(9-12)19-10-11-6-7-15(18-2)14(16)8-11/h3-9H,10,16H2,1-2H3. The van der Waals surface area contributed by atoms with Gasteiger partial charge in [0.15, 0.2) is 0 Å². The number of rotatable bonds is 5. The molecule has 0 bridgehead atoms. The van der Waals surface area contributed by atoms with E-state index < -0.39 is 0 Å². The molecule has 0 heterocycles. The molecule has 0 fully saturated rings. The Hall–Kier alpha value is -2.36. The highest BCUT2D eigenvalue weighted by Gasteiger charge is 2.02. The molecule has 4 heteroatoms. The molecule has 0 atom stereocenters. The van der Waals surface area contributed by atoms with E-state index in [1.807, 2.05) is 42.5 Å². The first-order chi connectivity index (χ1) is 9.22. The van der Waals surface area contributed by atoms with Gasteiger partial charge in [-0.15, -0.1) is 0 Å². The largest absolute Gasteiger partial charge is 0.497 e. The first-order valence-corrected chi connectivity index (χ1v) is 5.92. The van der Waals surface area contributed by atoms with Gasteiger partial charge in [0, 0.05) is 6.07 Å². The van der Waals surface area contributed by atoms with Crippen LogP contribution in [0.1, 0.15) is 5.56 Å². The Morgan fingerprint density at radius 3 is 2.42 bits per heavy atom. The predicted molar refractivity (Wildman–Crippen MR) is 74.7 cm³/mol. The average Bonchev–Trinajstić information content (AvgIpc) is 2.45. The van der Waals surface area contributed by atoms with Gasteiger partial charge in [-0.05, 0) is 29.8 Å². The second kappa shape index (κ2) is 6.00. The maximum absolute atomic E-state index is 5.85. The predicted octanol–water partition coefficient (Wildman–Crippen LogP) is 2.87. The summed E-state index contributed by atoms with van der Waals surface area (Å²) in [7, 11) is 3.22. The molecule has 2 N–H and O–H groups in total. The van der Waals surface area contributed by atoms with Gasteiger partial charge < -0.3 is 19.9 Å². The third kappa shape index (κ3) is 3.31. The third-order valence-electron chi connectivity index (χ3n) is 2.74. The van der Waals surface area contributed by atoms with Gasteiger partial charge in [0.25, 0.3) is 0 Å². The molecule has 2 aromatic rings. The summed E-state index contributed by atoms with van der Waals surface area (Å²) in [4.78, 5) is 0. The van der Waals surface area contributed by atoms with Crippen LogP contribution < -0.4 is 19.9 Å². The molecule has 0 aromatic heterocycles. The van der Waals surface area contributed by atoms with Crippen molar-refractivity contribution in [1.29, 1.82) is 0 Å². The highest BCUT2D eigenvalue weighted by atomic mass is 16.5. The summed E-state index contributed by atoms with van der Waals surface area (Å²) in [6.07, 6.45) is 0. The summed E-state index contributed by atoms with van der Waals surface area (Å²) in [6, 6.07) is 13.1. The maximum Gasteiger partial charge on any atom is 0.141 e. The number of hydrogen-bond donors (Lipinski definition) is 1. The number of methoxy groups -OCH3 is 2. The fourth-order valence-corrected chi connectivity index (χ4v) is 1.73. The Bertz CT molecular complexity index is 555. The average molecular weight is 259 g/mol. The van der Waals surface area contributed by atoms with Gasteiger partial charge in [-0.3, -0.25) is 0 Å². The highest BCUT2D eigenvalue weighted by Crippen LogP contribution is 2.24. The van der Waals surface area contributed by atoms with Crippen LogP contribution >= 0.6 is 0 Å². The van der Waals surface area contributed by atoms with E-state index in [9.17, 15) is 0 Å². The van der Waals surface area contributed by atoms with Crippen molar-refractivity contribution in [3.8, 4) is 17.2 Å². The number of benzene rings is 2. The SMILES string of the molecule is COc1cccc(OCc2ccc(OC)c(N)c2)c1. The normalized spacial score (nSPS) is 10.0. The lowest BCUT2D eigenvalue weighted by atomic mass is 10.2. The van der Waals surface area contributed by atoms with E-state index in [0.717, 1.165) is 17.1 Å². The van der Waals surface area contributed by atoms with E-state index in [4.69, 9.17) is 19.9 Å². The monoisotopic (exact) mass is 259 g/mol. The van der Waals surface area contributed by atoms with Gasteiger partial charge in [-0.1, -0.05) is 12.1 Å². The Morgan fingerprint density at radius 1 is 0.947 bits per heavy atom. The molecular weight excluding hydrogens is 242 g/mol.